The highest BCUT2D eigenvalue weighted by molar-refractivity contribution is 6.17. The summed E-state index contributed by atoms with van der Waals surface area (Å²) in [5.41, 5.74) is 3.78. The Morgan fingerprint density at radius 3 is 2.48 bits per heavy atom. The van der Waals surface area contributed by atoms with Gasteiger partial charge in [0.15, 0.2) is 0 Å². The van der Waals surface area contributed by atoms with Gasteiger partial charge in [-0.1, -0.05) is 36.4 Å². The first-order valence-electron chi connectivity index (χ1n) is 6.73. The van der Waals surface area contributed by atoms with Crippen LogP contribution < -0.4 is 5.32 Å². The van der Waals surface area contributed by atoms with Crippen molar-refractivity contribution in [3.63, 3.8) is 0 Å². The maximum Gasteiger partial charge on any atom is 0.251 e. The highest BCUT2D eigenvalue weighted by Gasteiger charge is 2.05. The largest absolute Gasteiger partial charge is 0.380 e. The Balaban J connectivity index is 1.95. The lowest BCUT2D eigenvalue weighted by Gasteiger charge is -2.07. The Morgan fingerprint density at radius 2 is 1.81 bits per heavy atom. The van der Waals surface area contributed by atoms with Crippen LogP contribution in [0.15, 0.2) is 48.5 Å². The SMILES string of the molecule is COCc1cccc(CNC(=O)c2ccc(CCl)cc2)c1. The van der Waals surface area contributed by atoms with Gasteiger partial charge in [0, 0.05) is 25.1 Å². The van der Waals surface area contributed by atoms with Crippen LogP contribution in [0.5, 0.6) is 0 Å². The van der Waals surface area contributed by atoms with E-state index >= 15 is 0 Å². The number of alkyl halides is 1. The highest BCUT2D eigenvalue weighted by Crippen LogP contribution is 2.09. The third kappa shape index (κ3) is 4.59. The van der Waals surface area contributed by atoms with Gasteiger partial charge in [-0.25, -0.2) is 0 Å². The Morgan fingerprint density at radius 1 is 1.10 bits per heavy atom. The van der Waals surface area contributed by atoms with Crippen molar-refractivity contribution in [1.82, 2.24) is 5.32 Å². The third-order valence-electron chi connectivity index (χ3n) is 3.13. The van der Waals surface area contributed by atoms with Crippen LogP contribution in [-0.2, 0) is 23.8 Å². The van der Waals surface area contributed by atoms with Gasteiger partial charge in [-0.3, -0.25) is 4.79 Å². The minimum Gasteiger partial charge on any atom is -0.380 e. The molecule has 0 radical (unpaired) electrons. The minimum absolute atomic E-state index is 0.0896. The summed E-state index contributed by atoms with van der Waals surface area (Å²) in [4.78, 5) is 12.1. The lowest BCUT2D eigenvalue weighted by atomic mass is 10.1. The van der Waals surface area contributed by atoms with Crippen molar-refractivity contribution in [2.24, 2.45) is 0 Å². The monoisotopic (exact) mass is 303 g/mol. The molecule has 21 heavy (non-hydrogen) atoms. The van der Waals surface area contributed by atoms with Crippen LogP contribution in [0.3, 0.4) is 0 Å². The van der Waals surface area contributed by atoms with Gasteiger partial charge in [0.25, 0.3) is 5.91 Å². The van der Waals surface area contributed by atoms with E-state index in [4.69, 9.17) is 16.3 Å². The maximum absolute atomic E-state index is 12.1. The zero-order chi connectivity index (χ0) is 15.1. The molecule has 4 heteroatoms. The minimum atomic E-state index is -0.0896. The third-order valence-corrected chi connectivity index (χ3v) is 3.43. The van der Waals surface area contributed by atoms with Crippen molar-refractivity contribution in [3.05, 3.63) is 70.8 Å². The number of hydrogen-bond donors (Lipinski definition) is 1. The summed E-state index contributed by atoms with van der Waals surface area (Å²) in [5.74, 6) is 0.363. The number of carbonyl (C=O) groups is 1. The number of hydrogen-bond acceptors (Lipinski definition) is 2. The molecule has 0 bridgehead atoms. The fraction of sp³-hybridized carbons (Fsp3) is 0.235. The summed E-state index contributed by atoms with van der Waals surface area (Å²) in [5, 5.41) is 2.91. The molecule has 110 valence electrons. The van der Waals surface area contributed by atoms with Crippen LogP contribution in [-0.4, -0.2) is 13.0 Å². The van der Waals surface area contributed by atoms with Crippen LogP contribution in [0.4, 0.5) is 0 Å². The molecule has 0 fully saturated rings. The quantitative estimate of drug-likeness (QED) is 0.830. The first-order valence-corrected chi connectivity index (χ1v) is 7.26. The molecule has 0 unspecified atom stereocenters. The predicted molar refractivity (Wildman–Crippen MR) is 84.3 cm³/mol. The normalized spacial score (nSPS) is 10.4. The van der Waals surface area contributed by atoms with Gasteiger partial charge < -0.3 is 10.1 Å². The molecule has 3 nitrogen and oxygen atoms in total. The molecule has 2 aromatic carbocycles. The molecule has 0 aromatic heterocycles. The second kappa shape index (κ2) is 7.81. The lowest BCUT2D eigenvalue weighted by molar-refractivity contribution is 0.0951. The van der Waals surface area contributed by atoms with Gasteiger partial charge in [0.05, 0.1) is 6.61 Å². The van der Waals surface area contributed by atoms with E-state index in [0.717, 1.165) is 16.7 Å². The van der Waals surface area contributed by atoms with E-state index in [-0.39, 0.29) is 5.91 Å². The summed E-state index contributed by atoms with van der Waals surface area (Å²) in [6.07, 6.45) is 0. The number of nitrogens with one attached hydrogen (secondary N) is 1. The van der Waals surface area contributed by atoms with E-state index < -0.39 is 0 Å². The standard InChI is InChI=1S/C17H18ClNO2/c1-21-12-15-4-2-3-14(9-15)11-19-17(20)16-7-5-13(10-18)6-8-16/h2-9H,10-12H2,1H3,(H,19,20). The summed E-state index contributed by atoms with van der Waals surface area (Å²) in [7, 11) is 1.67. The molecular weight excluding hydrogens is 286 g/mol. The molecule has 2 aromatic rings. The maximum atomic E-state index is 12.1. The number of halogens is 1. The summed E-state index contributed by atoms with van der Waals surface area (Å²) in [6, 6.07) is 15.3. The molecule has 0 saturated heterocycles. The number of rotatable bonds is 6. The van der Waals surface area contributed by atoms with E-state index in [1.54, 1.807) is 19.2 Å². The average molecular weight is 304 g/mol. The van der Waals surface area contributed by atoms with Crippen LogP contribution in [0.1, 0.15) is 27.0 Å². The Kier molecular flexibility index (Phi) is 5.78. The number of benzene rings is 2. The summed E-state index contributed by atoms with van der Waals surface area (Å²) < 4.78 is 5.10. The Hall–Kier alpha value is -1.84. The van der Waals surface area contributed by atoms with Gasteiger partial charge in [-0.2, -0.15) is 0 Å². The molecule has 0 aliphatic rings. The number of carbonyl (C=O) groups excluding carboxylic acids is 1. The summed E-state index contributed by atoms with van der Waals surface area (Å²) in [6.45, 7) is 1.06. The molecule has 0 aliphatic heterocycles. The van der Waals surface area contributed by atoms with Gasteiger partial charge in [0.2, 0.25) is 0 Å². The number of ether oxygens (including phenoxy) is 1. The molecule has 2 rings (SSSR count). The highest BCUT2D eigenvalue weighted by atomic mass is 35.5. The van der Waals surface area contributed by atoms with Gasteiger partial charge in [0.1, 0.15) is 0 Å². The fourth-order valence-corrected chi connectivity index (χ4v) is 2.20. The molecule has 1 N–H and O–H groups in total. The molecule has 0 aliphatic carbocycles. The number of methoxy groups -OCH3 is 1. The topological polar surface area (TPSA) is 38.3 Å². The molecule has 0 heterocycles. The van der Waals surface area contributed by atoms with E-state index in [1.807, 2.05) is 36.4 Å². The van der Waals surface area contributed by atoms with E-state index in [1.165, 1.54) is 0 Å². The van der Waals surface area contributed by atoms with Crippen LogP contribution in [0.2, 0.25) is 0 Å². The molecule has 1 amide bonds. The number of amides is 1. The smallest absolute Gasteiger partial charge is 0.251 e. The second-order valence-electron chi connectivity index (χ2n) is 4.77. The predicted octanol–water partition coefficient (Wildman–Crippen LogP) is 3.50. The van der Waals surface area contributed by atoms with Gasteiger partial charge in [-0.05, 0) is 28.8 Å². The van der Waals surface area contributed by atoms with Crippen molar-refractivity contribution in [3.8, 4) is 0 Å². The van der Waals surface area contributed by atoms with Crippen LogP contribution in [0.25, 0.3) is 0 Å². The van der Waals surface area contributed by atoms with Gasteiger partial charge >= 0.3 is 0 Å². The summed E-state index contributed by atoms with van der Waals surface area (Å²) >= 11 is 5.73. The van der Waals surface area contributed by atoms with Crippen LogP contribution in [0, 0.1) is 0 Å². The van der Waals surface area contributed by atoms with Crippen molar-refractivity contribution < 1.29 is 9.53 Å². The second-order valence-corrected chi connectivity index (χ2v) is 5.03. The Labute approximate surface area is 129 Å². The molecule has 0 saturated carbocycles. The molecule has 0 atom stereocenters. The van der Waals surface area contributed by atoms with E-state index in [0.29, 0.717) is 24.6 Å². The molecular formula is C17H18ClNO2. The fourth-order valence-electron chi connectivity index (χ4n) is 2.03. The van der Waals surface area contributed by atoms with E-state index in [9.17, 15) is 4.79 Å². The zero-order valence-corrected chi connectivity index (χ0v) is 12.7. The van der Waals surface area contributed by atoms with Crippen molar-refractivity contribution in [2.75, 3.05) is 7.11 Å². The Bertz CT molecular complexity index is 596. The van der Waals surface area contributed by atoms with Crippen molar-refractivity contribution in [2.45, 2.75) is 19.0 Å². The van der Waals surface area contributed by atoms with E-state index in [2.05, 4.69) is 5.32 Å². The average Bonchev–Trinajstić information content (AvgIpc) is 2.53. The zero-order valence-electron chi connectivity index (χ0n) is 11.9. The van der Waals surface area contributed by atoms with Crippen molar-refractivity contribution >= 4 is 17.5 Å². The van der Waals surface area contributed by atoms with Crippen molar-refractivity contribution in [1.29, 1.82) is 0 Å². The van der Waals surface area contributed by atoms with Gasteiger partial charge in [-0.15, -0.1) is 11.6 Å². The van der Waals surface area contributed by atoms with Crippen LogP contribution >= 0.6 is 11.6 Å². The lowest BCUT2D eigenvalue weighted by Crippen LogP contribution is -2.22. The molecule has 0 spiro atoms. The first kappa shape index (κ1) is 15.5. The first-order chi connectivity index (χ1) is 10.2.